The number of hydrogen-bond acceptors (Lipinski definition) is 9. The van der Waals surface area contributed by atoms with Gasteiger partial charge < -0.3 is 20.1 Å². The molecule has 0 unspecified atom stereocenters. The number of methoxy groups -OCH3 is 2. The predicted molar refractivity (Wildman–Crippen MR) is 159 cm³/mol. The summed E-state index contributed by atoms with van der Waals surface area (Å²) in [4.78, 5) is 60.8. The number of thioether (sulfide) groups is 1. The van der Waals surface area contributed by atoms with Crippen molar-refractivity contribution in [3.8, 4) is 0 Å². The fourth-order valence-corrected chi connectivity index (χ4v) is 5.41. The number of para-hydroxylation sites is 1. The van der Waals surface area contributed by atoms with Crippen molar-refractivity contribution < 1.29 is 14.3 Å². The van der Waals surface area contributed by atoms with Gasteiger partial charge in [-0.2, -0.15) is 0 Å². The van der Waals surface area contributed by atoms with Gasteiger partial charge in [0.05, 0.1) is 42.5 Å². The number of fused-ring (bicyclic) bond motifs is 1. The Balaban J connectivity index is 1.70. The molecule has 0 aliphatic heterocycles. The third-order valence-corrected chi connectivity index (χ3v) is 7.37. The summed E-state index contributed by atoms with van der Waals surface area (Å²) in [5.74, 6) is -0.806. The molecule has 0 saturated carbocycles. The van der Waals surface area contributed by atoms with Gasteiger partial charge in [-0.15, -0.1) is 0 Å². The van der Waals surface area contributed by atoms with Crippen LogP contribution in [0.1, 0.15) is 18.5 Å². The Kier molecular flexibility index (Phi) is 9.76. The normalized spacial score (nSPS) is 12.0. The number of amides is 1. The van der Waals surface area contributed by atoms with E-state index in [2.05, 4.69) is 9.97 Å². The molecule has 0 radical (unpaired) electrons. The predicted octanol–water partition coefficient (Wildman–Crippen LogP) is 1.86. The summed E-state index contributed by atoms with van der Waals surface area (Å²) in [6, 6.07) is 15.8. The zero-order valence-corrected chi connectivity index (χ0v) is 23.8. The number of aromatic amines is 1. The van der Waals surface area contributed by atoms with Crippen LogP contribution in [0.4, 0.5) is 11.5 Å². The highest BCUT2D eigenvalue weighted by atomic mass is 32.2. The zero-order chi connectivity index (χ0) is 29.5. The lowest BCUT2D eigenvalue weighted by Crippen LogP contribution is -2.43. The van der Waals surface area contributed by atoms with Crippen LogP contribution in [0.5, 0.6) is 0 Å². The molecule has 0 spiro atoms. The van der Waals surface area contributed by atoms with Gasteiger partial charge in [-0.1, -0.05) is 54.2 Å². The number of nitrogens with two attached hydrogens (primary N) is 1. The number of rotatable bonds is 12. The number of aromatic nitrogens is 4. The Morgan fingerprint density at radius 1 is 1.07 bits per heavy atom. The zero-order valence-electron chi connectivity index (χ0n) is 23.0. The minimum atomic E-state index is -0.791. The molecule has 13 heteroatoms. The molecule has 0 fully saturated rings. The number of anilines is 2. The van der Waals surface area contributed by atoms with Gasteiger partial charge in [-0.25, -0.2) is 9.78 Å². The van der Waals surface area contributed by atoms with Crippen molar-refractivity contribution in [2.45, 2.75) is 24.7 Å². The Hall–Kier alpha value is -4.20. The Morgan fingerprint density at radius 2 is 1.78 bits per heavy atom. The number of ether oxygens (including phenoxy) is 2. The highest BCUT2D eigenvalue weighted by Crippen LogP contribution is 2.24. The lowest BCUT2D eigenvalue weighted by atomic mass is 10.2. The largest absolute Gasteiger partial charge is 0.383 e. The molecule has 4 rings (SSSR count). The molecule has 216 valence electrons. The second-order valence-electron chi connectivity index (χ2n) is 9.28. The minimum Gasteiger partial charge on any atom is -0.383 e. The van der Waals surface area contributed by atoms with Crippen LogP contribution in [0.25, 0.3) is 10.9 Å². The van der Waals surface area contributed by atoms with Crippen molar-refractivity contribution in [3.63, 3.8) is 0 Å². The minimum absolute atomic E-state index is 0.00471. The molecule has 3 N–H and O–H groups in total. The van der Waals surface area contributed by atoms with E-state index >= 15 is 0 Å². The van der Waals surface area contributed by atoms with Crippen LogP contribution in [-0.2, 0) is 20.8 Å². The van der Waals surface area contributed by atoms with E-state index in [4.69, 9.17) is 15.2 Å². The van der Waals surface area contributed by atoms with E-state index in [1.165, 1.54) is 21.1 Å². The van der Waals surface area contributed by atoms with Gasteiger partial charge in [0, 0.05) is 20.8 Å². The topological polar surface area (TPSA) is 155 Å². The number of carbonyl (C=O) groups excluding carboxylic acids is 1. The molecule has 2 heterocycles. The number of H-pyrrole nitrogens is 1. The Labute approximate surface area is 239 Å². The van der Waals surface area contributed by atoms with Crippen molar-refractivity contribution in [3.05, 3.63) is 91.4 Å². The van der Waals surface area contributed by atoms with E-state index in [-0.39, 0.29) is 55.2 Å². The molecule has 0 aliphatic carbocycles. The standard InChI is InChI=1S/C28H32N6O6S/c1-18(16-40-3)34-26(37)20-11-7-8-12-21(20)30-28(34)41-17-22(35)32(13-14-39-2)23-24(29)33(27(38)31-25(23)36)15-19-9-5-4-6-10-19/h4-12,18H,13-17,29H2,1-3H3,(H,31,36,38)/t18-/m0/s1. The molecular weight excluding hydrogens is 548 g/mol. The summed E-state index contributed by atoms with van der Waals surface area (Å²) in [5.41, 5.74) is 5.76. The van der Waals surface area contributed by atoms with E-state index in [9.17, 15) is 19.2 Å². The van der Waals surface area contributed by atoms with Crippen molar-refractivity contribution in [1.82, 2.24) is 19.1 Å². The van der Waals surface area contributed by atoms with Crippen molar-refractivity contribution >= 4 is 40.1 Å². The molecule has 12 nitrogen and oxygen atoms in total. The average molecular weight is 581 g/mol. The lowest BCUT2D eigenvalue weighted by molar-refractivity contribution is -0.116. The highest BCUT2D eigenvalue weighted by molar-refractivity contribution is 7.99. The van der Waals surface area contributed by atoms with Gasteiger partial charge in [0.25, 0.3) is 11.1 Å². The first-order chi connectivity index (χ1) is 19.8. The molecule has 41 heavy (non-hydrogen) atoms. The number of nitrogens with zero attached hydrogens (tertiary/aromatic N) is 4. The highest BCUT2D eigenvalue weighted by Gasteiger charge is 2.26. The van der Waals surface area contributed by atoms with Gasteiger partial charge in [0.2, 0.25) is 5.91 Å². The van der Waals surface area contributed by atoms with Crippen LogP contribution in [0.15, 0.2) is 74.1 Å². The number of hydrogen-bond donors (Lipinski definition) is 2. The fourth-order valence-electron chi connectivity index (χ4n) is 4.44. The summed E-state index contributed by atoms with van der Waals surface area (Å²) in [6.45, 7) is 2.30. The van der Waals surface area contributed by atoms with Crippen LogP contribution in [0.3, 0.4) is 0 Å². The summed E-state index contributed by atoms with van der Waals surface area (Å²) in [6.07, 6.45) is 0. The summed E-state index contributed by atoms with van der Waals surface area (Å²) in [7, 11) is 3.01. The molecule has 0 saturated heterocycles. The van der Waals surface area contributed by atoms with Gasteiger partial charge in [0.1, 0.15) is 5.82 Å². The van der Waals surface area contributed by atoms with E-state index in [0.29, 0.717) is 16.1 Å². The molecule has 0 aliphatic rings. The summed E-state index contributed by atoms with van der Waals surface area (Å²) >= 11 is 1.06. The molecule has 4 aromatic rings. The van der Waals surface area contributed by atoms with Crippen LogP contribution in [0.2, 0.25) is 0 Å². The van der Waals surface area contributed by atoms with Crippen LogP contribution < -0.4 is 27.4 Å². The second-order valence-corrected chi connectivity index (χ2v) is 10.2. The van der Waals surface area contributed by atoms with Crippen molar-refractivity contribution in [2.75, 3.05) is 50.4 Å². The van der Waals surface area contributed by atoms with Crippen molar-refractivity contribution in [1.29, 1.82) is 0 Å². The summed E-state index contributed by atoms with van der Waals surface area (Å²) in [5, 5.41) is 0.780. The van der Waals surface area contributed by atoms with E-state index in [0.717, 1.165) is 17.3 Å². The molecule has 2 aromatic carbocycles. The Morgan fingerprint density at radius 3 is 2.49 bits per heavy atom. The van der Waals surface area contributed by atoms with Gasteiger partial charge in [0.15, 0.2) is 10.8 Å². The maximum Gasteiger partial charge on any atom is 0.330 e. The monoisotopic (exact) mass is 580 g/mol. The third kappa shape index (κ3) is 6.59. The molecular formula is C28H32N6O6S. The maximum atomic E-state index is 13.7. The first kappa shape index (κ1) is 29.8. The maximum absolute atomic E-state index is 13.7. The number of carbonyl (C=O) groups is 1. The molecule has 1 atom stereocenters. The first-order valence-electron chi connectivity index (χ1n) is 12.9. The van der Waals surface area contributed by atoms with E-state index < -0.39 is 17.2 Å². The third-order valence-electron chi connectivity index (χ3n) is 6.44. The lowest BCUT2D eigenvalue weighted by Gasteiger charge is -2.25. The first-order valence-corrected chi connectivity index (χ1v) is 13.8. The molecule has 0 bridgehead atoms. The average Bonchev–Trinajstić information content (AvgIpc) is 2.96. The number of benzene rings is 2. The Bertz CT molecular complexity index is 1700. The van der Waals surface area contributed by atoms with Crippen LogP contribution >= 0.6 is 11.8 Å². The fraction of sp³-hybridized carbons (Fsp3) is 0.321. The van der Waals surface area contributed by atoms with Crippen LogP contribution in [-0.4, -0.2) is 64.7 Å². The van der Waals surface area contributed by atoms with Gasteiger partial charge in [-0.3, -0.25) is 28.5 Å². The summed E-state index contributed by atoms with van der Waals surface area (Å²) < 4.78 is 13.2. The second kappa shape index (κ2) is 13.4. The van der Waals surface area contributed by atoms with Gasteiger partial charge in [-0.05, 0) is 24.6 Å². The van der Waals surface area contributed by atoms with Crippen molar-refractivity contribution in [2.24, 2.45) is 0 Å². The number of nitrogen functional groups attached to an aromatic ring is 1. The van der Waals surface area contributed by atoms with E-state index in [1.807, 2.05) is 37.3 Å². The smallest absolute Gasteiger partial charge is 0.330 e. The van der Waals surface area contributed by atoms with Crippen LogP contribution in [0, 0.1) is 0 Å². The SMILES string of the molecule is COCCN(C(=O)CSc1nc2ccccc2c(=O)n1[C@@H](C)COC)c1c(N)n(Cc2ccccc2)c(=O)[nH]c1=O. The number of nitrogens with one attached hydrogen (secondary N) is 1. The molecule has 1 amide bonds. The van der Waals surface area contributed by atoms with Gasteiger partial charge >= 0.3 is 5.69 Å². The molecule has 2 aromatic heterocycles. The quantitative estimate of drug-likeness (QED) is 0.189. The van der Waals surface area contributed by atoms with E-state index in [1.54, 1.807) is 31.4 Å².